The zero-order chi connectivity index (χ0) is 16.3. The molecule has 1 heterocycles. The second-order valence-corrected chi connectivity index (χ2v) is 5.23. The van der Waals surface area contributed by atoms with Crippen molar-refractivity contribution in [2.75, 3.05) is 0 Å². The quantitative estimate of drug-likeness (QED) is 0.721. The lowest BCUT2D eigenvalue weighted by atomic mass is 10.0. The van der Waals surface area contributed by atoms with Crippen molar-refractivity contribution in [2.45, 2.75) is 26.1 Å². The van der Waals surface area contributed by atoms with E-state index >= 15 is 0 Å². The van der Waals surface area contributed by atoms with Gasteiger partial charge in [-0.3, -0.25) is 0 Å². The highest BCUT2D eigenvalue weighted by Gasteiger charge is 2.30. The van der Waals surface area contributed by atoms with Gasteiger partial charge in [0, 0.05) is 18.4 Å². The summed E-state index contributed by atoms with van der Waals surface area (Å²) in [6.45, 7) is 4.04. The van der Waals surface area contributed by atoms with Gasteiger partial charge in [0.05, 0.1) is 17.2 Å². The Morgan fingerprint density at radius 3 is 2.55 bits per heavy atom. The summed E-state index contributed by atoms with van der Waals surface area (Å²) in [6, 6.07) is 8.87. The van der Waals surface area contributed by atoms with Crippen LogP contribution in [-0.2, 0) is 6.18 Å². The highest BCUT2D eigenvalue weighted by Crippen LogP contribution is 2.31. The van der Waals surface area contributed by atoms with Crippen molar-refractivity contribution in [2.24, 2.45) is 0 Å². The normalized spacial score (nSPS) is 12.5. The Kier molecular flexibility index (Phi) is 4.41. The fourth-order valence-electron chi connectivity index (χ4n) is 2.05. The third-order valence-electron chi connectivity index (χ3n) is 3.27. The molecule has 22 heavy (non-hydrogen) atoms. The van der Waals surface area contributed by atoms with Gasteiger partial charge in [-0.1, -0.05) is 12.1 Å². The molecule has 0 saturated carbocycles. The zero-order valence-electron chi connectivity index (χ0n) is 12.2. The van der Waals surface area contributed by atoms with Crippen molar-refractivity contribution >= 4 is 11.6 Å². The molecule has 2 rings (SSSR count). The Hall–Kier alpha value is -2.48. The fourth-order valence-corrected chi connectivity index (χ4v) is 2.05. The van der Waals surface area contributed by atoms with Gasteiger partial charge < -0.3 is 4.57 Å². The minimum absolute atomic E-state index is 0.201. The summed E-state index contributed by atoms with van der Waals surface area (Å²) in [6.07, 6.45) is 0.902. The maximum Gasteiger partial charge on any atom is 0.416 e. The Bertz CT molecular complexity index is 731. The zero-order valence-corrected chi connectivity index (χ0v) is 12.2. The molecular formula is C17H15F3N2. The first-order valence-corrected chi connectivity index (χ1v) is 6.78. The molecule has 2 aromatic rings. The van der Waals surface area contributed by atoms with Gasteiger partial charge >= 0.3 is 6.18 Å². The lowest BCUT2D eigenvalue weighted by Gasteiger charge is -2.08. The van der Waals surface area contributed by atoms with E-state index in [0.717, 1.165) is 17.7 Å². The standard InChI is InChI=1S/C17H15F3N2/c1-12(2)22-7-6-13(11-22)8-15(10-21)14-4-3-5-16(9-14)17(18,19)20/h3-9,11-12H,1-2H3/b15-8+. The molecule has 0 saturated heterocycles. The molecule has 0 amide bonds. The molecular weight excluding hydrogens is 289 g/mol. The number of aromatic nitrogens is 1. The van der Waals surface area contributed by atoms with Crippen LogP contribution in [0.2, 0.25) is 0 Å². The highest BCUT2D eigenvalue weighted by atomic mass is 19.4. The van der Waals surface area contributed by atoms with Crippen LogP contribution >= 0.6 is 0 Å². The third-order valence-corrected chi connectivity index (χ3v) is 3.27. The first-order valence-electron chi connectivity index (χ1n) is 6.78. The molecule has 0 aliphatic heterocycles. The smallest absolute Gasteiger partial charge is 0.351 e. The summed E-state index contributed by atoms with van der Waals surface area (Å²) < 4.78 is 40.2. The predicted molar refractivity (Wildman–Crippen MR) is 79.7 cm³/mol. The number of allylic oxidation sites excluding steroid dienone is 1. The Labute approximate surface area is 127 Å². The van der Waals surface area contributed by atoms with Gasteiger partial charge in [0.1, 0.15) is 0 Å². The molecule has 0 unspecified atom stereocenters. The van der Waals surface area contributed by atoms with Crippen LogP contribution in [0.1, 0.15) is 36.6 Å². The molecule has 0 radical (unpaired) electrons. The SMILES string of the molecule is CC(C)n1ccc(/C=C(\C#N)c2cccc(C(F)(F)F)c2)c1. The molecule has 0 aliphatic carbocycles. The molecule has 0 atom stereocenters. The van der Waals surface area contributed by atoms with Gasteiger partial charge in [-0.15, -0.1) is 0 Å². The first-order chi connectivity index (χ1) is 10.3. The molecule has 0 bridgehead atoms. The van der Waals surface area contributed by atoms with Crippen LogP contribution in [-0.4, -0.2) is 4.57 Å². The van der Waals surface area contributed by atoms with Crippen molar-refractivity contribution in [3.8, 4) is 6.07 Å². The second kappa shape index (κ2) is 6.10. The molecule has 1 aromatic carbocycles. The van der Waals surface area contributed by atoms with Crippen LogP contribution in [0.3, 0.4) is 0 Å². The topological polar surface area (TPSA) is 28.7 Å². The summed E-state index contributed by atoms with van der Waals surface area (Å²) in [5, 5.41) is 9.24. The van der Waals surface area contributed by atoms with Gasteiger partial charge in [-0.25, -0.2) is 0 Å². The number of nitriles is 1. The average molecular weight is 304 g/mol. The number of rotatable bonds is 3. The highest BCUT2D eigenvalue weighted by molar-refractivity contribution is 5.89. The Balaban J connectivity index is 2.39. The number of hydrogen-bond acceptors (Lipinski definition) is 1. The van der Waals surface area contributed by atoms with E-state index in [2.05, 4.69) is 0 Å². The number of alkyl halides is 3. The molecule has 1 aromatic heterocycles. The number of nitrogens with zero attached hydrogens (tertiary/aromatic N) is 2. The van der Waals surface area contributed by atoms with Crippen LogP contribution < -0.4 is 0 Å². The van der Waals surface area contributed by atoms with Gasteiger partial charge in [0.2, 0.25) is 0 Å². The summed E-state index contributed by atoms with van der Waals surface area (Å²) in [7, 11) is 0. The van der Waals surface area contributed by atoms with E-state index in [4.69, 9.17) is 0 Å². The van der Waals surface area contributed by atoms with E-state index in [-0.39, 0.29) is 17.2 Å². The Morgan fingerprint density at radius 2 is 2.00 bits per heavy atom. The fraction of sp³-hybridized carbons (Fsp3) is 0.235. The molecule has 2 nitrogen and oxygen atoms in total. The van der Waals surface area contributed by atoms with Crippen molar-refractivity contribution < 1.29 is 13.2 Å². The van der Waals surface area contributed by atoms with Crippen LogP contribution in [0.25, 0.3) is 11.6 Å². The van der Waals surface area contributed by atoms with E-state index in [1.54, 1.807) is 6.08 Å². The van der Waals surface area contributed by atoms with Crippen molar-refractivity contribution in [3.63, 3.8) is 0 Å². The lowest BCUT2D eigenvalue weighted by Crippen LogP contribution is -2.04. The molecule has 114 valence electrons. The lowest BCUT2D eigenvalue weighted by molar-refractivity contribution is -0.137. The number of hydrogen-bond donors (Lipinski definition) is 0. The summed E-state index contributed by atoms with van der Waals surface area (Å²) in [5.74, 6) is 0. The molecule has 0 fully saturated rings. The first kappa shape index (κ1) is 15.9. The molecule has 0 spiro atoms. The van der Waals surface area contributed by atoms with E-state index in [0.29, 0.717) is 0 Å². The van der Waals surface area contributed by atoms with E-state index < -0.39 is 11.7 Å². The van der Waals surface area contributed by atoms with E-state index in [1.807, 2.05) is 42.9 Å². The maximum atomic E-state index is 12.7. The number of benzene rings is 1. The van der Waals surface area contributed by atoms with E-state index in [9.17, 15) is 18.4 Å². The van der Waals surface area contributed by atoms with E-state index in [1.165, 1.54) is 12.1 Å². The van der Waals surface area contributed by atoms with Crippen molar-refractivity contribution in [1.82, 2.24) is 4.57 Å². The second-order valence-electron chi connectivity index (χ2n) is 5.23. The van der Waals surface area contributed by atoms with Gasteiger partial charge in [0.15, 0.2) is 0 Å². The van der Waals surface area contributed by atoms with Crippen LogP contribution in [0.4, 0.5) is 13.2 Å². The third kappa shape index (κ3) is 3.59. The van der Waals surface area contributed by atoms with Crippen molar-refractivity contribution in [1.29, 1.82) is 5.26 Å². The monoisotopic (exact) mass is 304 g/mol. The van der Waals surface area contributed by atoms with Gasteiger partial charge in [-0.05, 0) is 49.2 Å². The van der Waals surface area contributed by atoms with Gasteiger partial charge in [0.25, 0.3) is 0 Å². The number of halogens is 3. The van der Waals surface area contributed by atoms with Crippen LogP contribution in [0, 0.1) is 11.3 Å². The summed E-state index contributed by atoms with van der Waals surface area (Å²) in [5.41, 5.74) is 0.482. The largest absolute Gasteiger partial charge is 0.416 e. The maximum absolute atomic E-state index is 12.7. The average Bonchev–Trinajstić information content (AvgIpc) is 2.93. The molecule has 0 aliphatic rings. The minimum Gasteiger partial charge on any atom is -0.351 e. The van der Waals surface area contributed by atoms with Gasteiger partial charge in [-0.2, -0.15) is 18.4 Å². The molecule has 5 heteroatoms. The minimum atomic E-state index is -4.42. The van der Waals surface area contributed by atoms with Crippen molar-refractivity contribution in [3.05, 3.63) is 59.4 Å². The summed E-state index contributed by atoms with van der Waals surface area (Å²) in [4.78, 5) is 0. The van der Waals surface area contributed by atoms with Crippen LogP contribution in [0.5, 0.6) is 0 Å². The molecule has 0 N–H and O–H groups in total. The van der Waals surface area contributed by atoms with Crippen LogP contribution in [0.15, 0.2) is 42.7 Å². The Morgan fingerprint density at radius 1 is 1.27 bits per heavy atom. The summed E-state index contributed by atoms with van der Waals surface area (Å²) >= 11 is 0. The predicted octanol–water partition coefficient (Wildman–Crippen LogP) is 5.15.